The van der Waals surface area contributed by atoms with E-state index in [0.717, 1.165) is 6.42 Å². The topological polar surface area (TPSA) is 34.1 Å². The number of hydrogen-bond donors (Lipinski definition) is 0. The fraction of sp³-hybridized carbons (Fsp3) is 0.600. The van der Waals surface area contributed by atoms with Crippen LogP contribution in [0.25, 0.3) is 0 Å². The molecule has 0 bridgehead atoms. The van der Waals surface area contributed by atoms with Gasteiger partial charge in [0.15, 0.2) is 0 Å². The third-order valence-electron chi connectivity index (χ3n) is 0.696. The molecule has 0 aromatic rings. The first kappa shape index (κ1) is 7.82. The molecule has 0 aliphatic carbocycles. The molecule has 0 aliphatic rings. The molecule has 2 nitrogen and oxygen atoms in total. The van der Waals surface area contributed by atoms with Crippen LogP contribution in [-0.4, -0.2) is 10.5 Å². The van der Waals surface area contributed by atoms with E-state index < -0.39 is 4.69 Å². The molecule has 0 unspecified atom stereocenters. The molecule has 0 aliphatic heterocycles. The van der Waals surface area contributed by atoms with Crippen LogP contribution in [0.15, 0.2) is 0 Å². The highest BCUT2D eigenvalue weighted by molar-refractivity contribution is 9.19. The second kappa shape index (κ2) is 3.78. The molecule has 0 saturated heterocycles. The fourth-order valence-corrected chi connectivity index (χ4v) is 0.524. The van der Waals surface area contributed by atoms with Gasteiger partial charge in [0.05, 0.1) is 0 Å². The molecule has 0 radical (unpaired) electrons. The fourth-order valence-electron chi connectivity index (χ4n) is 0.325. The summed E-state index contributed by atoms with van der Waals surface area (Å²) >= 11 is 2.55. The minimum Gasteiger partial charge on any atom is -0.290 e. The first-order chi connectivity index (χ1) is 3.68. The van der Waals surface area contributed by atoms with Crippen molar-refractivity contribution in [1.29, 1.82) is 0 Å². The lowest BCUT2D eigenvalue weighted by Gasteiger charge is -1.85. The minimum absolute atomic E-state index is 0.340. The van der Waals surface area contributed by atoms with Gasteiger partial charge in [-0.1, -0.05) is 6.92 Å². The van der Waals surface area contributed by atoms with Gasteiger partial charge in [-0.2, -0.15) is 0 Å². The second-order valence-electron chi connectivity index (χ2n) is 1.45. The largest absolute Gasteiger partial charge is 0.290 e. The van der Waals surface area contributed by atoms with E-state index in [2.05, 4.69) is 15.9 Å². The number of ketones is 1. The molecule has 8 heavy (non-hydrogen) atoms. The van der Waals surface area contributed by atoms with Crippen LogP contribution in [0.2, 0.25) is 0 Å². The molecule has 0 heterocycles. The summed E-state index contributed by atoms with van der Waals surface area (Å²) in [6, 6.07) is 0. The maximum absolute atomic E-state index is 10.3. The Morgan fingerprint density at radius 1 is 1.50 bits per heavy atom. The van der Waals surface area contributed by atoms with Gasteiger partial charge < -0.3 is 0 Å². The standard InChI is InChI=1S/C5H7BrO2/c1-2-3-4(7)5(6)8/h2-3H2,1H3. The Morgan fingerprint density at radius 3 is 2.12 bits per heavy atom. The van der Waals surface area contributed by atoms with Gasteiger partial charge in [0, 0.05) is 22.4 Å². The Morgan fingerprint density at radius 2 is 2.00 bits per heavy atom. The van der Waals surface area contributed by atoms with E-state index in [0.29, 0.717) is 6.42 Å². The predicted octanol–water partition coefficient (Wildman–Crippen LogP) is 1.28. The van der Waals surface area contributed by atoms with Crippen LogP contribution in [0, 0.1) is 0 Å². The lowest BCUT2D eigenvalue weighted by molar-refractivity contribution is -0.131. The molecule has 0 atom stereocenters. The van der Waals surface area contributed by atoms with Crippen LogP contribution in [0.1, 0.15) is 19.8 Å². The molecule has 0 aromatic carbocycles. The molecule has 46 valence electrons. The lowest BCUT2D eigenvalue weighted by atomic mass is 10.2. The van der Waals surface area contributed by atoms with Crippen LogP contribution in [0.4, 0.5) is 0 Å². The zero-order valence-electron chi connectivity index (χ0n) is 4.61. The lowest BCUT2D eigenvalue weighted by Crippen LogP contribution is -2.04. The quantitative estimate of drug-likeness (QED) is 0.483. The Balaban J connectivity index is 3.49. The molecular formula is C5H7BrO2. The van der Waals surface area contributed by atoms with E-state index in [-0.39, 0.29) is 5.78 Å². The van der Waals surface area contributed by atoms with E-state index >= 15 is 0 Å². The van der Waals surface area contributed by atoms with Crippen LogP contribution in [0.3, 0.4) is 0 Å². The normalized spacial score (nSPS) is 8.75. The van der Waals surface area contributed by atoms with Crippen LogP contribution >= 0.6 is 15.9 Å². The van der Waals surface area contributed by atoms with Crippen molar-refractivity contribution in [2.75, 3.05) is 0 Å². The Hall–Kier alpha value is -0.180. The maximum atomic E-state index is 10.3. The number of carbonyl (C=O) groups is 2. The predicted molar refractivity (Wildman–Crippen MR) is 33.8 cm³/mol. The molecule has 0 aromatic heterocycles. The summed E-state index contributed by atoms with van der Waals surface area (Å²) in [6.45, 7) is 1.86. The molecule has 0 spiro atoms. The maximum Gasteiger partial charge on any atom is 0.263 e. The highest BCUT2D eigenvalue weighted by Gasteiger charge is 2.05. The van der Waals surface area contributed by atoms with Crippen molar-refractivity contribution in [2.45, 2.75) is 19.8 Å². The Bertz CT molecular complexity index is 109. The minimum atomic E-state index is -0.514. The van der Waals surface area contributed by atoms with Crippen molar-refractivity contribution in [1.82, 2.24) is 0 Å². The SMILES string of the molecule is CCCC(=O)C(=O)Br. The highest BCUT2D eigenvalue weighted by atomic mass is 79.9. The molecule has 0 amide bonds. The summed E-state index contributed by atoms with van der Waals surface area (Å²) in [5, 5.41) is 0. The van der Waals surface area contributed by atoms with Crippen LogP contribution < -0.4 is 0 Å². The Labute approximate surface area is 56.4 Å². The third-order valence-corrected chi connectivity index (χ3v) is 1.14. The first-order valence-corrected chi connectivity index (χ1v) is 3.20. The summed E-state index contributed by atoms with van der Waals surface area (Å²) in [4.78, 5) is 20.4. The van der Waals surface area contributed by atoms with Gasteiger partial charge in [-0.15, -0.1) is 0 Å². The van der Waals surface area contributed by atoms with Crippen LogP contribution in [0.5, 0.6) is 0 Å². The zero-order chi connectivity index (χ0) is 6.57. The zero-order valence-corrected chi connectivity index (χ0v) is 6.19. The van der Waals surface area contributed by atoms with Crippen LogP contribution in [-0.2, 0) is 9.59 Å². The molecule has 0 fully saturated rings. The average molecular weight is 179 g/mol. The number of halogens is 1. The Kier molecular flexibility index (Phi) is 3.69. The van der Waals surface area contributed by atoms with Crippen molar-refractivity contribution in [3.8, 4) is 0 Å². The molecule has 0 N–H and O–H groups in total. The molecule has 0 rings (SSSR count). The van der Waals surface area contributed by atoms with Gasteiger partial charge in [-0.3, -0.25) is 9.59 Å². The number of carbonyl (C=O) groups excluding carboxylic acids is 2. The van der Waals surface area contributed by atoms with E-state index in [4.69, 9.17) is 0 Å². The monoisotopic (exact) mass is 178 g/mol. The van der Waals surface area contributed by atoms with Crippen molar-refractivity contribution >= 4 is 26.4 Å². The van der Waals surface area contributed by atoms with Crippen molar-refractivity contribution in [3.63, 3.8) is 0 Å². The summed E-state index contributed by atoms with van der Waals surface area (Å²) in [5.74, 6) is -0.340. The molecule has 3 heteroatoms. The summed E-state index contributed by atoms with van der Waals surface area (Å²) in [5.41, 5.74) is 0. The van der Waals surface area contributed by atoms with Gasteiger partial charge in [0.25, 0.3) is 4.69 Å². The summed E-state index contributed by atoms with van der Waals surface area (Å²) in [7, 11) is 0. The highest BCUT2D eigenvalue weighted by Crippen LogP contribution is 1.94. The summed E-state index contributed by atoms with van der Waals surface area (Å²) < 4.78 is -0.514. The number of rotatable bonds is 3. The van der Waals surface area contributed by atoms with E-state index in [1.807, 2.05) is 6.92 Å². The van der Waals surface area contributed by atoms with Gasteiger partial charge in [0.2, 0.25) is 5.78 Å². The smallest absolute Gasteiger partial charge is 0.263 e. The van der Waals surface area contributed by atoms with E-state index in [9.17, 15) is 9.59 Å². The molecule has 0 saturated carbocycles. The molecular weight excluding hydrogens is 172 g/mol. The number of Topliss-reactive ketones (excluding diaryl/α,β-unsaturated/α-hetero) is 1. The van der Waals surface area contributed by atoms with Gasteiger partial charge in [-0.25, -0.2) is 0 Å². The van der Waals surface area contributed by atoms with Crippen molar-refractivity contribution in [3.05, 3.63) is 0 Å². The summed E-state index contributed by atoms with van der Waals surface area (Å²) in [6.07, 6.45) is 1.08. The van der Waals surface area contributed by atoms with E-state index in [1.54, 1.807) is 0 Å². The van der Waals surface area contributed by atoms with Gasteiger partial charge >= 0.3 is 0 Å². The third kappa shape index (κ3) is 2.91. The first-order valence-electron chi connectivity index (χ1n) is 2.41. The number of hydrogen-bond acceptors (Lipinski definition) is 2. The second-order valence-corrected chi connectivity index (χ2v) is 2.17. The van der Waals surface area contributed by atoms with Crippen molar-refractivity contribution in [2.24, 2.45) is 0 Å². The van der Waals surface area contributed by atoms with Gasteiger partial charge in [0.1, 0.15) is 0 Å². The van der Waals surface area contributed by atoms with E-state index in [1.165, 1.54) is 0 Å². The van der Waals surface area contributed by atoms with Gasteiger partial charge in [-0.05, 0) is 6.42 Å². The average Bonchev–Trinajstić information content (AvgIpc) is 1.67. The van der Waals surface area contributed by atoms with Crippen molar-refractivity contribution < 1.29 is 9.59 Å².